The quantitative estimate of drug-likeness (QED) is 0.249. The van der Waals surface area contributed by atoms with Crippen molar-refractivity contribution in [1.29, 1.82) is 0 Å². The Kier molecular flexibility index (Phi) is 8.71. The fourth-order valence-electron chi connectivity index (χ4n) is 5.73. The number of amides is 5. The number of nitrogens with zero attached hydrogens (tertiary/aromatic N) is 1. The Balaban J connectivity index is 1.37. The molecule has 12 nitrogen and oxygen atoms in total. The van der Waals surface area contributed by atoms with Crippen LogP contribution in [0.2, 0.25) is 0 Å². The summed E-state index contributed by atoms with van der Waals surface area (Å²) in [7, 11) is -3.86. The first-order valence-corrected chi connectivity index (χ1v) is 17.6. The zero-order valence-corrected chi connectivity index (χ0v) is 26.9. The lowest BCUT2D eigenvalue weighted by Crippen LogP contribution is -2.60. The molecule has 3 aliphatic carbocycles. The lowest BCUT2D eigenvalue weighted by Gasteiger charge is -2.35. The van der Waals surface area contributed by atoms with Gasteiger partial charge in [-0.3, -0.25) is 28.7 Å². The third kappa shape index (κ3) is 7.01. The summed E-state index contributed by atoms with van der Waals surface area (Å²) < 4.78 is 27.2. The molecule has 44 heavy (non-hydrogen) atoms. The van der Waals surface area contributed by atoms with Gasteiger partial charge in [0.2, 0.25) is 27.7 Å². The molecule has 0 aromatic carbocycles. The van der Waals surface area contributed by atoms with E-state index >= 15 is 0 Å². The molecule has 0 radical (unpaired) electrons. The highest BCUT2D eigenvalue weighted by atomic mass is 32.2. The van der Waals surface area contributed by atoms with Crippen LogP contribution in [0.4, 0.5) is 0 Å². The van der Waals surface area contributed by atoms with Gasteiger partial charge >= 0.3 is 0 Å². The highest BCUT2D eigenvalue weighted by Crippen LogP contribution is 2.45. The lowest BCUT2D eigenvalue weighted by atomic mass is 9.85. The molecule has 5 rings (SSSR count). The molecule has 2 heterocycles. The van der Waals surface area contributed by atoms with E-state index in [9.17, 15) is 32.4 Å². The second kappa shape index (κ2) is 11.9. The number of thiophene rings is 1. The maximum atomic E-state index is 14.2. The minimum absolute atomic E-state index is 0.0119. The fraction of sp³-hybridized carbons (Fsp3) is 0.633. The molecule has 4 fully saturated rings. The number of likely N-dealkylation sites (tertiary alicyclic amines) is 1. The molecular weight excluding hydrogens is 606 g/mol. The van der Waals surface area contributed by atoms with Crippen molar-refractivity contribution in [3.05, 3.63) is 35.0 Å². The van der Waals surface area contributed by atoms with Crippen molar-refractivity contribution in [1.82, 2.24) is 25.6 Å². The van der Waals surface area contributed by atoms with Gasteiger partial charge in [0.05, 0.1) is 5.25 Å². The van der Waals surface area contributed by atoms with E-state index in [1.807, 2.05) is 20.8 Å². The van der Waals surface area contributed by atoms with Crippen LogP contribution in [0.5, 0.6) is 0 Å². The minimum atomic E-state index is -3.86. The molecule has 3 saturated carbocycles. The highest BCUT2D eigenvalue weighted by molar-refractivity contribution is 7.91. The van der Waals surface area contributed by atoms with Gasteiger partial charge in [-0.1, -0.05) is 26.8 Å². The number of hydrogen-bond acceptors (Lipinski definition) is 8. The summed E-state index contributed by atoms with van der Waals surface area (Å²) in [5.74, 6) is -2.71. The Bertz CT molecular complexity index is 1450. The Labute approximate surface area is 261 Å². The lowest BCUT2D eigenvalue weighted by molar-refractivity contribution is -0.144. The van der Waals surface area contributed by atoms with Crippen LogP contribution in [0, 0.1) is 17.3 Å². The second-order valence-electron chi connectivity index (χ2n) is 13.6. The van der Waals surface area contributed by atoms with E-state index in [0.29, 0.717) is 30.7 Å². The second-order valence-corrected chi connectivity index (χ2v) is 16.4. The molecule has 14 heteroatoms. The number of carbonyl (C=O) groups is 5. The number of nitrogens with one attached hydrogen (secondary N) is 4. The maximum absolute atomic E-state index is 14.2. The smallest absolute Gasteiger partial charge is 0.259 e. The summed E-state index contributed by atoms with van der Waals surface area (Å²) in [6, 6.07) is -0.943. The normalized spacial score (nSPS) is 27.2. The van der Waals surface area contributed by atoms with Crippen LogP contribution >= 0.6 is 11.3 Å². The summed E-state index contributed by atoms with van der Waals surface area (Å²) in [6.07, 6.45) is 4.94. The Morgan fingerprint density at radius 1 is 1.16 bits per heavy atom. The van der Waals surface area contributed by atoms with E-state index in [4.69, 9.17) is 0 Å². The first-order chi connectivity index (χ1) is 20.6. The molecule has 0 spiro atoms. The zero-order chi connectivity index (χ0) is 32.0. The number of sulfonamides is 1. The fourth-order valence-corrected chi connectivity index (χ4v) is 7.73. The van der Waals surface area contributed by atoms with Crippen LogP contribution in [-0.4, -0.2) is 78.3 Å². The summed E-state index contributed by atoms with van der Waals surface area (Å²) in [6.45, 7) is 9.22. The van der Waals surface area contributed by atoms with E-state index in [-0.39, 0.29) is 31.2 Å². The standard InChI is InChI=1S/C30H41N5O7S2/c1-5-19-14-30(19,28(40)34-44(41,42)21-8-9-21)33-26(38)22-13-20(31-25(37)18-10-11-43-16-18)15-35(22)27(39)24(29(2,3)4)32-23(36)12-17-6-7-17/h5,10-11,16-17,19-22,24H,1,6-9,12-15H2,2-4H3,(H,31,37)(H,32,36)(H,33,38)(H,34,40)/t19?,20-,22+,24-,30?/m1/s1. The first-order valence-electron chi connectivity index (χ1n) is 15.1. The SMILES string of the molecule is C=CC1CC1(NC(=O)[C@@H]1C[C@@H](NC(=O)c2ccsc2)CN1C(=O)[C@@H](NC(=O)CC1CC1)C(C)(C)C)C(=O)NS(=O)(=O)C1CC1. The largest absolute Gasteiger partial charge is 0.347 e. The molecule has 4 aliphatic rings. The average Bonchev–Trinajstić information content (AvgIpc) is 3.90. The molecule has 1 aromatic heterocycles. The first kappa shape index (κ1) is 32.1. The molecule has 240 valence electrons. The maximum Gasteiger partial charge on any atom is 0.259 e. The summed E-state index contributed by atoms with van der Waals surface area (Å²) in [5, 5.41) is 11.4. The molecule has 1 aliphatic heterocycles. The van der Waals surface area contributed by atoms with Crippen molar-refractivity contribution in [3.63, 3.8) is 0 Å². The van der Waals surface area contributed by atoms with Crippen LogP contribution in [0.1, 0.15) is 76.1 Å². The number of rotatable bonds is 12. The van der Waals surface area contributed by atoms with E-state index < -0.39 is 68.0 Å². The molecule has 5 atom stereocenters. The van der Waals surface area contributed by atoms with E-state index in [1.54, 1.807) is 16.8 Å². The van der Waals surface area contributed by atoms with Crippen molar-refractivity contribution < 1.29 is 32.4 Å². The van der Waals surface area contributed by atoms with Gasteiger partial charge in [-0.15, -0.1) is 6.58 Å². The Morgan fingerprint density at radius 2 is 1.86 bits per heavy atom. The Hall–Kier alpha value is -3.26. The molecule has 2 unspecified atom stereocenters. The Morgan fingerprint density at radius 3 is 2.41 bits per heavy atom. The van der Waals surface area contributed by atoms with Gasteiger partial charge in [0, 0.05) is 35.9 Å². The molecule has 0 bridgehead atoms. The van der Waals surface area contributed by atoms with Gasteiger partial charge in [-0.2, -0.15) is 11.3 Å². The summed E-state index contributed by atoms with van der Waals surface area (Å²) in [4.78, 5) is 68.4. The molecular formula is C30H41N5O7S2. The predicted molar refractivity (Wildman–Crippen MR) is 164 cm³/mol. The minimum Gasteiger partial charge on any atom is -0.347 e. The van der Waals surface area contributed by atoms with Gasteiger partial charge in [-0.25, -0.2) is 8.42 Å². The van der Waals surface area contributed by atoms with Gasteiger partial charge in [-0.05, 0) is 61.3 Å². The third-order valence-corrected chi connectivity index (χ3v) is 11.3. The van der Waals surface area contributed by atoms with Crippen molar-refractivity contribution in [2.75, 3.05) is 6.54 Å². The number of hydrogen-bond donors (Lipinski definition) is 4. The molecule has 5 amide bonds. The van der Waals surface area contributed by atoms with Crippen LogP contribution < -0.4 is 20.7 Å². The molecule has 1 aromatic rings. The van der Waals surface area contributed by atoms with E-state index in [0.717, 1.165) is 12.8 Å². The number of carbonyl (C=O) groups excluding carboxylic acids is 5. The van der Waals surface area contributed by atoms with Crippen LogP contribution in [-0.2, 0) is 29.2 Å². The average molecular weight is 648 g/mol. The van der Waals surface area contributed by atoms with Crippen molar-refractivity contribution in [2.24, 2.45) is 17.3 Å². The van der Waals surface area contributed by atoms with Crippen molar-refractivity contribution in [2.45, 2.75) is 94.6 Å². The molecule has 4 N–H and O–H groups in total. The van der Waals surface area contributed by atoms with Gasteiger partial charge in [0.1, 0.15) is 17.6 Å². The third-order valence-electron chi connectivity index (χ3n) is 8.84. The summed E-state index contributed by atoms with van der Waals surface area (Å²) >= 11 is 1.37. The van der Waals surface area contributed by atoms with Crippen LogP contribution in [0.3, 0.4) is 0 Å². The topological polar surface area (TPSA) is 171 Å². The van der Waals surface area contributed by atoms with Gasteiger partial charge < -0.3 is 20.9 Å². The zero-order valence-electron chi connectivity index (χ0n) is 25.3. The van der Waals surface area contributed by atoms with Gasteiger partial charge in [0.25, 0.3) is 11.8 Å². The van der Waals surface area contributed by atoms with Crippen LogP contribution in [0.25, 0.3) is 0 Å². The van der Waals surface area contributed by atoms with Crippen LogP contribution in [0.15, 0.2) is 29.5 Å². The molecule has 1 saturated heterocycles. The summed E-state index contributed by atoms with van der Waals surface area (Å²) in [5.41, 5.74) is -1.76. The van der Waals surface area contributed by atoms with E-state index in [2.05, 4.69) is 27.3 Å². The van der Waals surface area contributed by atoms with Gasteiger partial charge in [0.15, 0.2) is 0 Å². The monoisotopic (exact) mass is 647 g/mol. The highest BCUT2D eigenvalue weighted by Gasteiger charge is 2.62. The predicted octanol–water partition coefficient (Wildman–Crippen LogP) is 1.45. The van der Waals surface area contributed by atoms with Crippen molar-refractivity contribution in [3.8, 4) is 0 Å². The van der Waals surface area contributed by atoms with E-state index in [1.165, 1.54) is 22.3 Å². The van der Waals surface area contributed by atoms with Crippen molar-refractivity contribution >= 4 is 50.9 Å².